The molecule has 0 fully saturated rings. The van der Waals surface area contributed by atoms with Gasteiger partial charge in [0.2, 0.25) is 5.91 Å². The summed E-state index contributed by atoms with van der Waals surface area (Å²) in [4.78, 5) is 13.7. The minimum absolute atomic E-state index is 0. The lowest BCUT2D eigenvalue weighted by Crippen LogP contribution is -2.43. The summed E-state index contributed by atoms with van der Waals surface area (Å²) in [6.45, 7) is 2.17. The quantitative estimate of drug-likeness (QED) is 0.682. The SMILES string of the molecule is COCC(N)C(=O)NCc1ccc(OCCN(C)C)cc1.Cl.Cl. The fraction of sp³-hybridized carbons (Fsp3) is 0.533. The maximum atomic E-state index is 11.6. The fourth-order valence-corrected chi connectivity index (χ4v) is 1.63. The third-order valence-corrected chi connectivity index (χ3v) is 2.88. The number of carbonyl (C=O) groups is 1. The van der Waals surface area contributed by atoms with Gasteiger partial charge >= 0.3 is 0 Å². The molecule has 0 aliphatic heterocycles. The van der Waals surface area contributed by atoms with Gasteiger partial charge in [-0.1, -0.05) is 12.1 Å². The minimum atomic E-state index is -0.636. The number of hydrogen-bond acceptors (Lipinski definition) is 5. The number of nitrogens with two attached hydrogens (primary N) is 1. The van der Waals surface area contributed by atoms with Crippen molar-refractivity contribution in [3.05, 3.63) is 29.8 Å². The maximum Gasteiger partial charge on any atom is 0.239 e. The monoisotopic (exact) mass is 367 g/mol. The zero-order valence-corrected chi connectivity index (χ0v) is 15.4. The van der Waals surface area contributed by atoms with Crippen molar-refractivity contribution in [1.82, 2.24) is 10.2 Å². The molecule has 0 aliphatic rings. The van der Waals surface area contributed by atoms with Crippen LogP contribution in [0, 0.1) is 0 Å². The van der Waals surface area contributed by atoms with Gasteiger partial charge < -0.3 is 25.4 Å². The summed E-state index contributed by atoms with van der Waals surface area (Å²) in [5.41, 5.74) is 6.63. The van der Waals surface area contributed by atoms with Crippen LogP contribution in [0.3, 0.4) is 0 Å². The zero-order valence-electron chi connectivity index (χ0n) is 13.8. The number of carbonyl (C=O) groups excluding carboxylic acids is 1. The largest absolute Gasteiger partial charge is 0.492 e. The molecule has 0 bridgehead atoms. The second-order valence-electron chi connectivity index (χ2n) is 5.08. The highest BCUT2D eigenvalue weighted by atomic mass is 35.5. The topological polar surface area (TPSA) is 76.8 Å². The highest BCUT2D eigenvalue weighted by molar-refractivity contribution is 5.85. The molecule has 3 N–H and O–H groups in total. The van der Waals surface area contributed by atoms with Gasteiger partial charge in [-0.05, 0) is 31.8 Å². The van der Waals surface area contributed by atoms with E-state index in [0.29, 0.717) is 13.2 Å². The number of benzene rings is 1. The number of likely N-dealkylation sites (N-methyl/N-ethyl adjacent to an activating group) is 1. The van der Waals surface area contributed by atoms with Crippen molar-refractivity contribution in [3.8, 4) is 5.75 Å². The summed E-state index contributed by atoms with van der Waals surface area (Å²) in [7, 11) is 5.52. The maximum absolute atomic E-state index is 11.6. The second kappa shape index (κ2) is 13.4. The Morgan fingerprint density at radius 3 is 2.39 bits per heavy atom. The van der Waals surface area contributed by atoms with Crippen molar-refractivity contribution < 1.29 is 14.3 Å². The average molecular weight is 368 g/mol. The molecule has 134 valence electrons. The first-order valence-corrected chi connectivity index (χ1v) is 6.91. The summed E-state index contributed by atoms with van der Waals surface area (Å²) in [6.07, 6.45) is 0. The van der Waals surface area contributed by atoms with Crippen LogP contribution in [-0.4, -0.2) is 57.8 Å². The number of hydrogen-bond donors (Lipinski definition) is 2. The number of ether oxygens (including phenoxy) is 2. The van der Waals surface area contributed by atoms with Gasteiger partial charge in [-0.3, -0.25) is 4.79 Å². The molecular weight excluding hydrogens is 341 g/mol. The lowest BCUT2D eigenvalue weighted by molar-refractivity contribution is -0.123. The van der Waals surface area contributed by atoms with Crippen molar-refractivity contribution in [3.63, 3.8) is 0 Å². The molecule has 23 heavy (non-hydrogen) atoms. The molecule has 0 aromatic heterocycles. The fourth-order valence-electron chi connectivity index (χ4n) is 1.63. The standard InChI is InChI=1S/C15H25N3O3.2ClH/c1-18(2)8-9-21-13-6-4-12(5-7-13)10-17-15(19)14(16)11-20-3;;/h4-7,14H,8-11,16H2,1-3H3,(H,17,19);2*1H. The van der Waals surface area contributed by atoms with Crippen LogP contribution in [0.4, 0.5) is 0 Å². The van der Waals surface area contributed by atoms with Crippen molar-refractivity contribution in [2.24, 2.45) is 5.73 Å². The van der Waals surface area contributed by atoms with E-state index in [1.54, 1.807) is 0 Å². The summed E-state index contributed by atoms with van der Waals surface area (Å²) in [5, 5.41) is 2.77. The Labute approximate surface area is 150 Å². The van der Waals surface area contributed by atoms with Crippen molar-refractivity contribution >= 4 is 30.7 Å². The normalized spacial score (nSPS) is 11.2. The lowest BCUT2D eigenvalue weighted by Gasteiger charge is -2.12. The van der Waals surface area contributed by atoms with E-state index in [9.17, 15) is 4.79 Å². The molecule has 0 heterocycles. The predicted molar refractivity (Wildman–Crippen MR) is 96.7 cm³/mol. The first kappa shape index (κ1) is 24.2. The summed E-state index contributed by atoms with van der Waals surface area (Å²) >= 11 is 0. The van der Waals surface area contributed by atoms with Crippen LogP contribution in [0.2, 0.25) is 0 Å². The Morgan fingerprint density at radius 1 is 1.26 bits per heavy atom. The Kier molecular flexibility index (Phi) is 14.1. The highest BCUT2D eigenvalue weighted by Crippen LogP contribution is 2.12. The minimum Gasteiger partial charge on any atom is -0.492 e. The van der Waals surface area contributed by atoms with Crippen LogP contribution < -0.4 is 15.8 Å². The van der Waals surface area contributed by atoms with Crippen molar-refractivity contribution in [2.45, 2.75) is 12.6 Å². The molecule has 8 heteroatoms. The Hall–Kier alpha value is -1.05. The van der Waals surface area contributed by atoms with E-state index in [4.69, 9.17) is 15.2 Å². The van der Waals surface area contributed by atoms with Crippen LogP contribution in [0.1, 0.15) is 5.56 Å². The van der Waals surface area contributed by atoms with Crippen molar-refractivity contribution in [2.75, 3.05) is 41.0 Å². The summed E-state index contributed by atoms with van der Waals surface area (Å²) in [5.74, 6) is 0.603. The van der Waals surface area contributed by atoms with Gasteiger partial charge in [-0.2, -0.15) is 0 Å². The van der Waals surface area contributed by atoms with E-state index >= 15 is 0 Å². The molecule has 0 aliphatic carbocycles. The number of nitrogens with zero attached hydrogens (tertiary/aromatic N) is 1. The zero-order chi connectivity index (χ0) is 15.7. The average Bonchev–Trinajstić information content (AvgIpc) is 2.46. The second-order valence-corrected chi connectivity index (χ2v) is 5.08. The van der Waals surface area contributed by atoms with Crippen LogP contribution in [0.25, 0.3) is 0 Å². The molecule has 1 rings (SSSR count). The molecule has 1 aromatic rings. The van der Waals surface area contributed by atoms with Crippen LogP contribution in [-0.2, 0) is 16.1 Å². The molecule has 0 radical (unpaired) electrons. The molecule has 1 atom stereocenters. The highest BCUT2D eigenvalue weighted by Gasteiger charge is 2.12. The third-order valence-electron chi connectivity index (χ3n) is 2.88. The van der Waals surface area contributed by atoms with E-state index in [0.717, 1.165) is 17.9 Å². The van der Waals surface area contributed by atoms with Gasteiger partial charge in [-0.25, -0.2) is 0 Å². The Morgan fingerprint density at radius 2 is 1.87 bits per heavy atom. The van der Waals surface area contributed by atoms with Gasteiger partial charge in [0.1, 0.15) is 18.4 Å². The third kappa shape index (κ3) is 10.4. The smallest absolute Gasteiger partial charge is 0.239 e. The van der Waals surface area contributed by atoms with Crippen LogP contribution in [0.5, 0.6) is 5.75 Å². The Balaban J connectivity index is 0. The lowest BCUT2D eigenvalue weighted by atomic mass is 10.2. The van der Waals surface area contributed by atoms with Crippen molar-refractivity contribution in [1.29, 1.82) is 0 Å². The number of rotatable bonds is 9. The summed E-state index contributed by atoms with van der Waals surface area (Å²) in [6, 6.07) is 7.00. The van der Waals surface area contributed by atoms with E-state index in [1.165, 1.54) is 7.11 Å². The molecule has 6 nitrogen and oxygen atoms in total. The molecular formula is C15H27Cl2N3O3. The number of nitrogens with one attached hydrogen (secondary N) is 1. The van der Waals surface area contributed by atoms with Gasteiger partial charge in [0.15, 0.2) is 0 Å². The molecule has 0 spiro atoms. The number of methoxy groups -OCH3 is 1. The molecule has 1 unspecified atom stereocenters. The first-order chi connectivity index (χ1) is 10.0. The number of halogens is 2. The van der Waals surface area contributed by atoms with E-state index in [1.807, 2.05) is 38.4 Å². The molecule has 0 saturated carbocycles. The first-order valence-electron chi connectivity index (χ1n) is 6.91. The van der Waals surface area contributed by atoms with Gasteiger partial charge in [-0.15, -0.1) is 24.8 Å². The molecule has 1 amide bonds. The van der Waals surface area contributed by atoms with Gasteiger partial charge in [0.05, 0.1) is 6.61 Å². The van der Waals surface area contributed by atoms with Gasteiger partial charge in [0, 0.05) is 20.2 Å². The van der Waals surface area contributed by atoms with Gasteiger partial charge in [0.25, 0.3) is 0 Å². The summed E-state index contributed by atoms with van der Waals surface area (Å²) < 4.78 is 10.4. The molecule has 1 aromatic carbocycles. The number of amides is 1. The molecule has 0 saturated heterocycles. The van der Waals surface area contributed by atoms with Crippen LogP contribution >= 0.6 is 24.8 Å². The van der Waals surface area contributed by atoms with E-state index in [2.05, 4.69) is 10.2 Å². The van der Waals surface area contributed by atoms with E-state index in [-0.39, 0.29) is 37.3 Å². The van der Waals surface area contributed by atoms with Crippen LogP contribution in [0.15, 0.2) is 24.3 Å². The van der Waals surface area contributed by atoms with E-state index < -0.39 is 6.04 Å². The predicted octanol–water partition coefficient (Wildman–Crippen LogP) is 1.06. The Bertz CT molecular complexity index is 430.